The number of benzene rings is 2. The minimum Gasteiger partial charge on any atom is -0.496 e. The van der Waals surface area contributed by atoms with Crippen LogP contribution in [0.5, 0.6) is 5.75 Å². The summed E-state index contributed by atoms with van der Waals surface area (Å²) in [5.74, 6) is -4.59. The minimum absolute atomic E-state index is 0.0717. The van der Waals surface area contributed by atoms with Gasteiger partial charge < -0.3 is 19.5 Å². The van der Waals surface area contributed by atoms with Gasteiger partial charge in [-0.1, -0.05) is 11.6 Å². The fourth-order valence-electron chi connectivity index (χ4n) is 7.76. The van der Waals surface area contributed by atoms with Gasteiger partial charge in [-0.05, 0) is 93.5 Å². The average molecular weight is 714 g/mol. The molecule has 268 valence electrons. The van der Waals surface area contributed by atoms with Crippen molar-refractivity contribution in [3.8, 4) is 16.9 Å². The van der Waals surface area contributed by atoms with Crippen LogP contribution in [0.15, 0.2) is 41.3 Å². The Balaban J connectivity index is 1.07. The number of ether oxygens (including phenoxy) is 1. The maximum absolute atomic E-state index is 15.8. The van der Waals surface area contributed by atoms with Crippen molar-refractivity contribution in [1.82, 2.24) is 14.8 Å². The third kappa shape index (κ3) is 7.23. The second-order valence-corrected chi connectivity index (χ2v) is 14.3. The van der Waals surface area contributed by atoms with Gasteiger partial charge in [0.2, 0.25) is 11.8 Å². The van der Waals surface area contributed by atoms with Gasteiger partial charge in [0.05, 0.1) is 19.3 Å². The number of anilines is 2. The molecule has 2 aromatic carbocycles. The Bertz CT molecular complexity index is 1860. The van der Waals surface area contributed by atoms with Crippen LogP contribution in [0.2, 0.25) is 5.02 Å². The van der Waals surface area contributed by atoms with E-state index in [1.807, 2.05) is 17.9 Å². The van der Waals surface area contributed by atoms with Gasteiger partial charge in [-0.2, -0.15) is 0 Å². The molecule has 3 saturated heterocycles. The predicted octanol–water partition coefficient (Wildman–Crippen LogP) is 6.06. The smallest absolute Gasteiger partial charge is 0.263 e. The Morgan fingerprint density at radius 3 is 2.42 bits per heavy atom. The molecule has 0 radical (unpaired) electrons. The van der Waals surface area contributed by atoms with Gasteiger partial charge in [0.25, 0.3) is 11.5 Å². The summed E-state index contributed by atoms with van der Waals surface area (Å²) in [5, 5.41) is 5.68. The number of likely N-dealkylation sites (tertiary alicyclic amines) is 1. The number of aryl methyl sites for hydroxylation is 1. The number of nitrogens with one attached hydrogen (secondary N) is 2. The van der Waals surface area contributed by atoms with E-state index in [4.69, 9.17) is 16.3 Å². The average Bonchev–Trinajstić information content (AvgIpc) is 3.07. The highest BCUT2D eigenvalue weighted by Crippen LogP contribution is 2.44. The van der Waals surface area contributed by atoms with E-state index in [0.29, 0.717) is 78.6 Å². The Labute approximate surface area is 294 Å². The molecule has 2 amide bonds. The molecule has 13 heteroatoms. The van der Waals surface area contributed by atoms with Crippen molar-refractivity contribution in [2.75, 3.05) is 43.5 Å². The first-order valence-electron chi connectivity index (χ1n) is 17.0. The third-order valence-corrected chi connectivity index (χ3v) is 11.0. The zero-order valence-electron chi connectivity index (χ0n) is 28.8. The molecule has 50 heavy (non-hydrogen) atoms. The number of aromatic nitrogens is 1. The first-order chi connectivity index (χ1) is 23.7. The van der Waals surface area contributed by atoms with Crippen LogP contribution in [0.3, 0.4) is 0 Å². The van der Waals surface area contributed by atoms with Crippen LogP contribution < -0.4 is 25.8 Å². The molecule has 0 aliphatic carbocycles. The Kier molecular flexibility index (Phi) is 10.2. The van der Waals surface area contributed by atoms with E-state index < -0.39 is 36.2 Å². The van der Waals surface area contributed by atoms with E-state index in [2.05, 4.69) is 10.6 Å². The van der Waals surface area contributed by atoms with Crippen molar-refractivity contribution in [3.05, 3.63) is 74.4 Å². The first kappa shape index (κ1) is 35.8. The number of alkyl halides is 2. The van der Waals surface area contributed by atoms with Crippen molar-refractivity contribution in [2.45, 2.75) is 64.5 Å². The molecule has 4 heterocycles. The van der Waals surface area contributed by atoms with Gasteiger partial charge in [0.15, 0.2) is 0 Å². The summed E-state index contributed by atoms with van der Waals surface area (Å²) in [4.78, 5) is 39.5. The SMILES string of the molecule is COc1cc(-c2cn(C)c(=O)c(C)c2C)cc(Cl)c1CN1CC[C@@H](C2CCN(c3ccc(N[C@@H]4CCC(=O)NC4=O)cc3F)CC2)C(F)(F)C1. The summed E-state index contributed by atoms with van der Waals surface area (Å²) in [6, 6.07) is 7.70. The molecule has 9 nitrogen and oxygen atoms in total. The van der Waals surface area contributed by atoms with E-state index in [1.165, 1.54) is 17.7 Å². The maximum Gasteiger partial charge on any atom is 0.263 e. The number of pyridine rings is 1. The lowest BCUT2D eigenvalue weighted by atomic mass is 9.76. The number of imide groups is 1. The third-order valence-electron chi connectivity index (χ3n) is 10.7. The molecule has 2 N–H and O–H groups in total. The van der Waals surface area contributed by atoms with Crippen molar-refractivity contribution in [1.29, 1.82) is 0 Å². The summed E-state index contributed by atoms with van der Waals surface area (Å²) >= 11 is 6.78. The second kappa shape index (κ2) is 14.3. The van der Waals surface area contributed by atoms with E-state index >= 15 is 13.2 Å². The standard InChI is InChI=1S/C37H43ClF3N5O4/c1-21-22(2)36(49)44(3)18-26(21)24-15-29(38)27(33(16-24)50-4)19-45-12-11-28(37(40,41)20-45)23-9-13-46(14-10-23)32-7-5-25(17-30(32)39)42-31-6-8-34(47)43-35(31)48/h5,7,15-18,23,28,31,42H,6,8-14,19-20H2,1-4H3,(H,43,47,48)/t28-,31+/m0/s1. The minimum atomic E-state index is -2.91. The molecular formula is C37H43ClF3N5O4. The van der Waals surface area contributed by atoms with Crippen LogP contribution >= 0.6 is 11.6 Å². The summed E-state index contributed by atoms with van der Waals surface area (Å²) in [6.45, 7) is 4.90. The number of halogens is 4. The van der Waals surface area contributed by atoms with Crippen LogP contribution in [0.25, 0.3) is 11.1 Å². The number of amides is 2. The first-order valence-corrected chi connectivity index (χ1v) is 17.4. The van der Waals surface area contributed by atoms with Gasteiger partial charge in [0, 0.05) is 72.6 Å². The van der Waals surface area contributed by atoms with Crippen LogP contribution in [0.1, 0.15) is 48.8 Å². The quantitative estimate of drug-likeness (QED) is 0.274. The monoisotopic (exact) mass is 713 g/mol. The summed E-state index contributed by atoms with van der Waals surface area (Å²) in [5.41, 5.74) is 4.51. The maximum atomic E-state index is 15.8. The Hall–Kier alpha value is -4.03. The lowest BCUT2D eigenvalue weighted by Gasteiger charge is -2.45. The summed E-state index contributed by atoms with van der Waals surface area (Å²) in [6.07, 6.45) is 3.71. The molecule has 0 saturated carbocycles. The van der Waals surface area contributed by atoms with Crippen LogP contribution in [-0.2, 0) is 23.2 Å². The molecule has 0 spiro atoms. The molecule has 3 aromatic rings. The van der Waals surface area contributed by atoms with Crippen molar-refractivity contribution >= 4 is 34.8 Å². The predicted molar refractivity (Wildman–Crippen MR) is 188 cm³/mol. The molecule has 6 rings (SSSR count). The van der Waals surface area contributed by atoms with Gasteiger partial charge in [0.1, 0.15) is 17.6 Å². The molecule has 2 atom stereocenters. The van der Waals surface area contributed by atoms with Gasteiger partial charge in [-0.15, -0.1) is 0 Å². The highest BCUT2D eigenvalue weighted by atomic mass is 35.5. The largest absolute Gasteiger partial charge is 0.496 e. The number of piperidine rings is 3. The highest BCUT2D eigenvalue weighted by Gasteiger charge is 2.48. The zero-order valence-corrected chi connectivity index (χ0v) is 29.5. The van der Waals surface area contributed by atoms with Crippen molar-refractivity contribution in [2.24, 2.45) is 18.9 Å². The number of carbonyl (C=O) groups is 2. The lowest BCUT2D eigenvalue weighted by molar-refractivity contribution is -0.134. The zero-order chi connectivity index (χ0) is 35.9. The number of rotatable bonds is 8. The topological polar surface area (TPSA) is 95.9 Å². The number of methoxy groups -OCH3 is 1. The van der Waals surface area contributed by atoms with Gasteiger partial charge in [-0.3, -0.25) is 24.6 Å². The summed E-state index contributed by atoms with van der Waals surface area (Å²) < 4.78 is 54.1. The summed E-state index contributed by atoms with van der Waals surface area (Å²) in [7, 11) is 3.23. The number of carbonyl (C=O) groups excluding carboxylic acids is 2. The molecule has 0 bridgehead atoms. The van der Waals surface area contributed by atoms with E-state index in [9.17, 15) is 14.4 Å². The molecule has 3 aliphatic heterocycles. The van der Waals surface area contributed by atoms with Gasteiger partial charge >= 0.3 is 0 Å². The van der Waals surface area contributed by atoms with Gasteiger partial charge in [-0.25, -0.2) is 13.2 Å². The van der Waals surface area contributed by atoms with E-state index in [-0.39, 0.29) is 30.3 Å². The highest BCUT2D eigenvalue weighted by molar-refractivity contribution is 6.32. The molecular weight excluding hydrogens is 671 g/mol. The van der Waals surface area contributed by atoms with E-state index in [0.717, 1.165) is 16.7 Å². The number of hydrogen-bond acceptors (Lipinski definition) is 7. The molecule has 3 fully saturated rings. The normalized spacial score (nSPS) is 21.6. The number of nitrogens with zero attached hydrogens (tertiary/aromatic N) is 3. The van der Waals surface area contributed by atoms with Crippen molar-refractivity contribution < 1.29 is 27.5 Å². The van der Waals surface area contributed by atoms with E-state index in [1.54, 1.807) is 43.3 Å². The van der Waals surface area contributed by atoms with Crippen LogP contribution in [0.4, 0.5) is 24.5 Å². The number of hydrogen-bond donors (Lipinski definition) is 2. The van der Waals surface area contributed by atoms with Crippen molar-refractivity contribution in [3.63, 3.8) is 0 Å². The molecule has 3 aliphatic rings. The fourth-order valence-corrected chi connectivity index (χ4v) is 8.03. The Morgan fingerprint density at radius 2 is 1.76 bits per heavy atom. The Morgan fingerprint density at radius 1 is 1.02 bits per heavy atom. The van der Waals surface area contributed by atoms with Crippen LogP contribution in [0, 0.1) is 31.5 Å². The molecule has 1 aromatic heterocycles. The van der Waals surface area contributed by atoms with Crippen LogP contribution in [-0.4, -0.2) is 66.5 Å². The fraction of sp³-hybridized carbons (Fsp3) is 0.486. The second-order valence-electron chi connectivity index (χ2n) is 13.9. The lowest BCUT2D eigenvalue weighted by Crippen LogP contribution is -2.52. The molecule has 0 unspecified atom stereocenters.